The summed E-state index contributed by atoms with van der Waals surface area (Å²) < 4.78 is 15.9. The summed E-state index contributed by atoms with van der Waals surface area (Å²) >= 11 is 0. The molecule has 0 aromatic heterocycles. The van der Waals surface area contributed by atoms with E-state index >= 15 is 0 Å². The number of methoxy groups -OCH3 is 1. The fourth-order valence-corrected chi connectivity index (χ4v) is 3.50. The maximum Gasteiger partial charge on any atom is 0.325 e. The van der Waals surface area contributed by atoms with E-state index in [1.807, 2.05) is 13.0 Å². The molecule has 2 heterocycles. The Morgan fingerprint density at radius 3 is 2.73 bits per heavy atom. The normalized spacial score (nSPS) is 19.6. The Balaban J connectivity index is 1.52. The highest BCUT2D eigenvalue weighted by Gasteiger charge is 2.49. The Bertz CT molecular complexity index is 1050. The summed E-state index contributed by atoms with van der Waals surface area (Å²) in [6, 6.07) is 9.71. The van der Waals surface area contributed by atoms with Crippen molar-refractivity contribution < 1.29 is 28.6 Å². The highest BCUT2D eigenvalue weighted by Crippen LogP contribution is 2.37. The molecule has 0 unspecified atom stereocenters. The number of carbonyl (C=O) groups is 3. The Labute approximate surface area is 172 Å². The molecule has 2 aliphatic rings. The van der Waals surface area contributed by atoms with Gasteiger partial charge in [-0.15, -0.1) is 0 Å². The molecule has 2 N–H and O–H groups in total. The van der Waals surface area contributed by atoms with E-state index in [1.54, 1.807) is 37.3 Å². The molecule has 9 nitrogen and oxygen atoms in total. The van der Waals surface area contributed by atoms with Gasteiger partial charge in [-0.1, -0.05) is 12.1 Å². The van der Waals surface area contributed by atoms with Gasteiger partial charge in [0, 0.05) is 0 Å². The molecule has 2 aromatic carbocycles. The maximum absolute atomic E-state index is 13.1. The second kappa shape index (κ2) is 7.25. The van der Waals surface area contributed by atoms with E-state index in [4.69, 9.17) is 14.2 Å². The molecule has 0 spiro atoms. The molecule has 4 rings (SSSR count). The molecule has 9 heteroatoms. The lowest BCUT2D eigenvalue weighted by Gasteiger charge is -2.22. The first-order chi connectivity index (χ1) is 14.3. The topological polar surface area (TPSA) is 106 Å². The van der Waals surface area contributed by atoms with Crippen molar-refractivity contribution in [2.45, 2.75) is 19.4 Å². The molecular formula is C21H21N3O6. The predicted molar refractivity (Wildman–Crippen MR) is 107 cm³/mol. The average molecular weight is 411 g/mol. The minimum atomic E-state index is -1.32. The third-order valence-electron chi connectivity index (χ3n) is 5.16. The van der Waals surface area contributed by atoms with E-state index in [9.17, 15) is 14.4 Å². The van der Waals surface area contributed by atoms with Crippen molar-refractivity contribution >= 4 is 23.5 Å². The van der Waals surface area contributed by atoms with Gasteiger partial charge in [0.15, 0.2) is 11.5 Å². The van der Waals surface area contributed by atoms with Crippen LogP contribution in [0.25, 0.3) is 0 Å². The smallest absolute Gasteiger partial charge is 0.325 e. The molecule has 1 atom stereocenters. The molecule has 1 fully saturated rings. The van der Waals surface area contributed by atoms with Gasteiger partial charge < -0.3 is 24.8 Å². The molecule has 4 amide bonds. The number of fused-ring (bicyclic) bond motifs is 1. The number of imide groups is 1. The summed E-state index contributed by atoms with van der Waals surface area (Å²) in [6.45, 7) is 3.14. The van der Waals surface area contributed by atoms with Crippen LogP contribution in [0.15, 0.2) is 36.4 Å². The van der Waals surface area contributed by atoms with E-state index in [0.29, 0.717) is 28.5 Å². The van der Waals surface area contributed by atoms with Crippen molar-refractivity contribution in [1.29, 1.82) is 0 Å². The van der Waals surface area contributed by atoms with Crippen LogP contribution in [0.3, 0.4) is 0 Å². The van der Waals surface area contributed by atoms with Crippen LogP contribution >= 0.6 is 0 Å². The third kappa shape index (κ3) is 3.28. The van der Waals surface area contributed by atoms with Crippen LogP contribution < -0.4 is 24.8 Å². The van der Waals surface area contributed by atoms with Gasteiger partial charge in [0.2, 0.25) is 12.7 Å². The Morgan fingerprint density at radius 1 is 1.20 bits per heavy atom. The van der Waals surface area contributed by atoms with Crippen LogP contribution in [0.1, 0.15) is 18.1 Å². The summed E-state index contributed by atoms with van der Waals surface area (Å²) in [5.41, 5.74) is 0.609. The van der Waals surface area contributed by atoms with Crippen molar-refractivity contribution in [2.75, 3.05) is 25.8 Å². The highest BCUT2D eigenvalue weighted by atomic mass is 16.7. The standard InChI is InChI=1S/C21H21N3O6/c1-12-4-6-15(28-3)14(8-12)22-18(25)10-24-19(26)21(2,23-20(24)27)13-5-7-16-17(9-13)30-11-29-16/h4-9H,10-11H2,1-3H3,(H,22,25)(H,23,27)/t21-/m1/s1. The monoisotopic (exact) mass is 411 g/mol. The van der Waals surface area contributed by atoms with Crippen molar-refractivity contribution in [3.63, 3.8) is 0 Å². The zero-order valence-electron chi connectivity index (χ0n) is 16.8. The van der Waals surface area contributed by atoms with Crippen molar-refractivity contribution in [3.05, 3.63) is 47.5 Å². The predicted octanol–water partition coefficient (Wildman–Crippen LogP) is 2.14. The summed E-state index contributed by atoms with van der Waals surface area (Å²) in [6.07, 6.45) is 0. The molecule has 156 valence electrons. The van der Waals surface area contributed by atoms with E-state index in [2.05, 4.69) is 10.6 Å². The van der Waals surface area contributed by atoms with Gasteiger partial charge in [-0.05, 0) is 49.2 Å². The van der Waals surface area contributed by atoms with Crippen molar-refractivity contribution in [2.24, 2.45) is 0 Å². The Morgan fingerprint density at radius 2 is 1.97 bits per heavy atom. The molecule has 30 heavy (non-hydrogen) atoms. The minimum Gasteiger partial charge on any atom is -0.495 e. The lowest BCUT2D eigenvalue weighted by Crippen LogP contribution is -2.42. The van der Waals surface area contributed by atoms with Crippen LogP contribution in [-0.2, 0) is 15.1 Å². The van der Waals surface area contributed by atoms with Gasteiger partial charge in [-0.3, -0.25) is 14.5 Å². The van der Waals surface area contributed by atoms with Gasteiger partial charge in [0.05, 0.1) is 12.8 Å². The number of urea groups is 1. The molecule has 0 saturated carbocycles. The fraction of sp³-hybridized carbons (Fsp3) is 0.286. The zero-order chi connectivity index (χ0) is 21.5. The SMILES string of the molecule is COc1ccc(C)cc1NC(=O)CN1C(=O)N[C@](C)(c2ccc3c(c2)OCO3)C1=O. The number of hydrogen-bond acceptors (Lipinski definition) is 6. The summed E-state index contributed by atoms with van der Waals surface area (Å²) in [5, 5.41) is 5.37. The van der Waals surface area contributed by atoms with Gasteiger partial charge >= 0.3 is 6.03 Å². The molecule has 0 radical (unpaired) electrons. The number of nitrogens with one attached hydrogen (secondary N) is 2. The number of benzene rings is 2. The highest BCUT2D eigenvalue weighted by molar-refractivity contribution is 6.10. The first kappa shape index (κ1) is 19.6. The van der Waals surface area contributed by atoms with E-state index in [-0.39, 0.29) is 6.79 Å². The van der Waals surface area contributed by atoms with Crippen LogP contribution in [0.5, 0.6) is 17.2 Å². The van der Waals surface area contributed by atoms with E-state index in [1.165, 1.54) is 7.11 Å². The quantitative estimate of drug-likeness (QED) is 0.731. The van der Waals surface area contributed by atoms with Crippen LogP contribution in [0.4, 0.5) is 10.5 Å². The van der Waals surface area contributed by atoms with E-state index in [0.717, 1.165) is 10.5 Å². The Hall–Kier alpha value is -3.75. The van der Waals surface area contributed by atoms with Gasteiger partial charge in [-0.2, -0.15) is 0 Å². The average Bonchev–Trinajstić information content (AvgIpc) is 3.26. The van der Waals surface area contributed by atoms with Crippen molar-refractivity contribution in [1.82, 2.24) is 10.2 Å². The number of hydrogen-bond donors (Lipinski definition) is 2. The number of nitrogens with zero attached hydrogens (tertiary/aromatic N) is 1. The maximum atomic E-state index is 13.1. The minimum absolute atomic E-state index is 0.102. The number of carbonyl (C=O) groups excluding carboxylic acids is 3. The molecule has 0 bridgehead atoms. The molecule has 1 saturated heterocycles. The first-order valence-electron chi connectivity index (χ1n) is 9.30. The van der Waals surface area contributed by atoms with Crippen LogP contribution in [-0.4, -0.2) is 43.2 Å². The summed E-state index contributed by atoms with van der Waals surface area (Å²) in [4.78, 5) is 39.0. The lowest BCUT2D eigenvalue weighted by molar-refractivity contribution is -0.133. The van der Waals surface area contributed by atoms with Gasteiger partial charge in [0.25, 0.3) is 5.91 Å². The number of anilines is 1. The van der Waals surface area contributed by atoms with Crippen LogP contribution in [0, 0.1) is 6.92 Å². The van der Waals surface area contributed by atoms with Gasteiger partial charge in [-0.25, -0.2) is 4.79 Å². The second-order valence-corrected chi connectivity index (χ2v) is 7.27. The number of rotatable bonds is 5. The van der Waals surface area contributed by atoms with Crippen molar-refractivity contribution in [3.8, 4) is 17.2 Å². The second-order valence-electron chi connectivity index (χ2n) is 7.27. The molecule has 0 aliphatic carbocycles. The number of amides is 4. The zero-order valence-corrected chi connectivity index (χ0v) is 16.8. The lowest BCUT2D eigenvalue weighted by atomic mass is 9.91. The van der Waals surface area contributed by atoms with Gasteiger partial charge in [0.1, 0.15) is 17.8 Å². The number of aryl methyl sites for hydroxylation is 1. The summed E-state index contributed by atoms with van der Waals surface area (Å²) in [7, 11) is 1.49. The Kier molecular flexibility index (Phi) is 4.73. The summed E-state index contributed by atoms with van der Waals surface area (Å²) in [5.74, 6) is 0.507. The molecule has 2 aromatic rings. The third-order valence-corrected chi connectivity index (χ3v) is 5.16. The van der Waals surface area contributed by atoms with Crippen LogP contribution in [0.2, 0.25) is 0 Å². The number of ether oxygens (including phenoxy) is 3. The largest absolute Gasteiger partial charge is 0.495 e. The molecule has 2 aliphatic heterocycles. The fourth-order valence-electron chi connectivity index (χ4n) is 3.50. The molecular weight excluding hydrogens is 390 g/mol. The first-order valence-corrected chi connectivity index (χ1v) is 9.30. The van der Waals surface area contributed by atoms with E-state index < -0.39 is 29.9 Å².